The molecule has 0 aromatic carbocycles. The molecule has 5 nitrogen and oxygen atoms in total. The van der Waals surface area contributed by atoms with Gasteiger partial charge in [-0.2, -0.15) is 23.1 Å². The van der Waals surface area contributed by atoms with Crippen molar-refractivity contribution in [3.8, 4) is 0 Å². The van der Waals surface area contributed by atoms with Gasteiger partial charge in [0, 0.05) is 37.1 Å². The number of nitrogens with zero attached hydrogens (tertiary/aromatic N) is 1. The number of rotatable bonds is 7. The third-order valence-corrected chi connectivity index (χ3v) is 6.04. The molecule has 2 amide bonds. The van der Waals surface area contributed by atoms with Crippen LogP contribution >= 0.6 is 23.1 Å². The molecule has 3 rings (SSSR count). The molecule has 2 aromatic heterocycles. The fourth-order valence-electron chi connectivity index (χ4n) is 2.86. The van der Waals surface area contributed by atoms with Crippen molar-refractivity contribution < 1.29 is 14.0 Å². The minimum Gasteiger partial charge on any atom is -0.459 e. The van der Waals surface area contributed by atoms with Crippen molar-refractivity contribution in [1.82, 2.24) is 10.2 Å². The first kappa shape index (κ1) is 18.1. The van der Waals surface area contributed by atoms with Gasteiger partial charge in [0.15, 0.2) is 5.76 Å². The van der Waals surface area contributed by atoms with Gasteiger partial charge in [-0.05, 0) is 47.4 Å². The van der Waals surface area contributed by atoms with Gasteiger partial charge < -0.3 is 14.6 Å². The van der Waals surface area contributed by atoms with E-state index in [0.29, 0.717) is 38.2 Å². The van der Waals surface area contributed by atoms with Gasteiger partial charge in [0.2, 0.25) is 5.91 Å². The third kappa shape index (κ3) is 5.12. The van der Waals surface area contributed by atoms with E-state index >= 15 is 0 Å². The first-order chi connectivity index (χ1) is 12.2. The number of piperidine rings is 1. The Kier molecular flexibility index (Phi) is 6.58. The van der Waals surface area contributed by atoms with Crippen LogP contribution in [-0.4, -0.2) is 42.1 Å². The van der Waals surface area contributed by atoms with E-state index in [-0.39, 0.29) is 17.7 Å². The van der Waals surface area contributed by atoms with Crippen molar-refractivity contribution in [1.29, 1.82) is 0 Å². The average Bonchev–Trinajstić information content (AvgIpc) is 3.34. The minimum absolute atomic E-state index is 0.00234. The largest absolute Gasteiger partial charge is 0.459 e. The van der Waals surface area contributed by atoms with Crippen molar-refractivity contribution in [2.75, 3.05) is 25.4 Å². The second-order valence-electron chi connectivity index (χ2n) is 6.02. The molecule has 1 saturated heterocycles. The van der Waals surface area contributed by atoms with E-state index in [1.54, 1.807) is 28.4 Å². The van der Waals surface area contributed by atoms with Gasteiger partial charge in [-0.15, -0.1) is 0 Å². The fourth-order valence-corrected chi connectivity index (χ4v) is 4.44. The molecule has 0 radical (unpaired) electrons. The third-order valence-electron chi connectivity index (χ3n) is 4.28. The zero-order valence-electron chi connectivity index (χ0n) is 14.0. The molecule has 0 spiro atoms. The Hall–Kier alpha value is -1.73. The second-order valence-corrected chi connectivity index (χ2v) is 7.90. The highest BCUT2D eigenvalue weighted by molar-refractivity contribution is 7.98. The molecule has 0 atom stereocenters. The van der Waals surface area contributed by atoms with Gasteiger partial charge in [-0.3, -0.25) is 9.59 Å². The molecule has 1 aliphatic heterocycles. The summed E-state index contributed by atoms with van der Waals surface area (Å²) in [7, 11) is 0. The monoisotopic (exact) mass is 378 g/mol. The van der Waals surface area contributed by atoms with Gasteiger partial charge in [0.1, 0.15) is 0 Å². The van der Waals surface area contributed by atoms with Crippen LogP contribution in [0, 0.1) is 5.92 Å². The summed E-state index contributed by atoms with van der Waals surface area (Å²) in [4.78, 5) is 26.2. The highest BCUT2D eigenvalue weighted by Crippen LogP contribution is 2.20. The standard InChI is InChI=1S/C18H22N2O3S2/c21-17(19-6-11-25-13-14-5-10-24-12-14)15-3-7-20(8-4-15)18(22)16-2-1-9-23-16/h1-2,5,9-10,12,15H,3-4,6-8,11,13H2,(H,19,21). The van der Waals surface area contributed by atoms with E-state index in [2.05, 4.69) is 22.1 Å². The Morgan fingerprint density at radius 3 is 2.84 bits per heavy atom. The zero-order valence-corrected chi connectivity index (χ0v) is 15.6. The maximum atomic E-state index is 12.3. The van der Waals surface area contributed by atoms with Crippen molar-refractivity contribution >= 4 is 34.9 Å². The van der Waals surface area contributed by atoms with Crippen molar-refractivity contribution in [3.05, 3.63) is 46.5 Å². The average molecular weight is 379 g/mol. The minimum atomic E-state index is -0.0892. The number of furan rings is 1. The number of nitrogens with one attached hydrogen (secondary N) is 1. The summed E-state index contributed by atoms with van der Waals surface area (Å²) in [6.45, 7) is 1.90. The smallest absolute Gasteiger partial charge is 0.289 e. The van der Waals surface area contributed by atoms with Gasteiger partial charge in [0.05, 0.1) is 6.26 Å². The van der Waals surface area contributed by atoms with Crippen LogP contribution in [0.3, 0.4) is 0 Å². The van der Waals surface area contributed by atoms with E-state index in [9.17, 15) is 9.59 Å². The molecule has 0 aliphatic carbocycles. The molecular formula is C18H22N2O3S2. The number of thioether (sulfide) groups is 1. The van der Waals surface area contributed by atoms with Gasteiger partial charge in [0.25, 0.3) is 5.91 Å². The number of carbonyl (C=O) groups is 2. The Labute approximate surface area is 155 Å². The molecule has 1 N–H and O–H groups in total. The van der Waals surface area contributed by atoms with E-state index in [4.69, 9.17) is 4.42 Å². The van der Waals surface area contributed by atoms with Gasteiger partial charge in [-0.1, -0.05) is 0 Å². The summed E-state index contributed by atoms with van der Waals surface area (Å²) < 4.78 is 5.15. The molecule has 3 heterocycles. The van der Waals surface area contributed by atoms with Crippen molar-refractivity contribution in [2.24, 2.45) is 5.92 Å². The topological polar surface area (TPSA) is 62.6 Å². The van der Waals surface area contributed by atoms with Gasteiger partial charge in [-0.25, -0.2) is 0 Å². The van der Waals surface area contributed by atoms with E-state index < -0.39 is 0 Å². The molecular weight excluding hydrogens is 356 g/mol. The molecule has 7 heteroatoms. The lowest BCUT2D eigenvalue weighted by Crippen LogP contribution is -2.43. The zero-order chi connectivity index (χ0) is 17.5. The lowest BCUT2D eigenvalue weighted by Gasteiger charge is -2.30. The van der Waals surface area contributed by atoms with Crippen molar-refractivity contribution in [3.63, 3.8) is 0 Å². The fraction of sp³-hybridized carbons (Fsp3) is 0.444. The summed E-state index contributed by atoms with van der Waals surface area (Å²) >= 11 is 3.54. The van der Waals surface area contributed by atoms with Crippen LogP contribution in [0.1, 0.15) is 29.0 Å². The van der Waals surface area contributed by atoms with Crippen LogP contribution in [0.15, 0.2) is 39.6 Å². The Balaban J connectivity index is 1.32. The number of hydrogen-bond acceptors (Lipinski definition) is 5. The van der Waals surface area contributed by atoms with E-state index in [1.165, 1.54) is 11.8 Å². The number of carbonyl (C=O) groups excluding carboxylic acids is 2. The number of likely N-dealkylation sites (tertiary alicyclic amines) is 1. The summed E-state index contributed by atoms with van der Waals surface area (Å²) in [5.41, 5.74) is 1.34. The SMILES string of the molecule is O=C(NCCSCc1ccsc1)C1CCN(C(=O)c2ccco2)CC1. The summed E-state index contributed by atoms with van der Waals surface area (Å²) in [6.07, 6.45) is 2.92. The molecule has 0 unspecified atom stereocenters. The maximum Gasteiger partial charge on any atom is 0.289 e. The van der Waals surface area contributed by atoms with Crippen LogP contribution in [0.2, 0.25) is 0 Å². The van der Waals surface area contributed by atoms with Crippen LogP contribution < -0.4 is 5.32 Å². The number of thiophene rings is 1. The van der Waals surface area contributed by atoms with E-state index in [1.807, 2.05) is 11.8 Å². The summed E-state index contributed by atoms with van der Waals surface area (Å²) in [5.74, 6) is 2.30. The van der Waals surface area contributed by atoms with Crippen LogP contribution in [0.5, 0.6) is 0 Å². The molecule has 1 fully saturated rings. The van der Waals surface area contributed by atoms with Crippen LogP contribution in [-0.2, 0) is 10.5 Å². The second kappa shape index (κ2) is 9.10. The molecule has 1 aliphatic rings. The molecule has 134 valence electrons. The lowest BCUT2D eigenvalue weighted by molar-refractivity contribution is -0.126. The Bertz CT molecular complexity index is 663. The van der Waals surface area contributed by atoms with Crippen LogP contribution in [0.25, 0.3) is 0 Å². The highest BCUT2D eigenvalue weighted by Gasteiger charge is 2.28. The number of hydrogen-bond donors (Lipinski definition) is 1. The van der Waals surface area contributed by atoms with Crippen molar-refractivity contribution in [2.45, 2.75) is 18.6 Å². The predicted octanol–water partition coefficient (Wildman–Crippen LogP) is 3.24. The quantitative estimate of drug-likeness (QED) is 0.752. The highest BCUT2D eigenvalue weighted by atomic mass is 32.2. The number of amides is 2. The first-order valence-corrected chi connectivity index (χ1v) is 10.5. The van der Waals surface area contributed by atoms with Gasteiger partial charge >= 0.3 is 0 Å². The maximum absolute atomic E-state index is 12.3. The molecule has 25 heavy (non-hydrogen) atoms. The lowest BCUT2D eigenvalue weighted by atomic mass is 9.96. The van der Waals surface area contributed by atoms with E-state index in [0.717, 1.165) is 11.5 Å². The summed E-state index contributed by atoms with van der Waals surface area (Å²) in [6, 6.07) is 5.52. The normalized spacial score (nSPS) is 15.3. The van der Waals surface area contributed by atoms with Crippen LogP contribution in [0.4, 0.5) is 0 Å². The molecule has 2 aromatic rings. The predicted molar refractivity (Wildman–Crippen MR) is 101 cm³/mol. The molecule has 0 saturated carbocycles. The summed E-state index contributed by atoms with van der Waals surface area (Å²) in [5, 5.41) is 7.27. The Morgan fingerprint density at radius 1 is 1.32 bits per heavy atom. The Morgan fingerprint density at radius 2 is 2.16 bits per heavy atom. The first-order valence-electron chi connectivity index (χ1n) is 8.43. The molecule has 0 bridgehead atoms.